The standard InChI is InChI=1S/C52H80N10O16S4/c1-32(2)43(54-36(9)63)28-79(69,70)61-45(34(5)6)30-81(73,74)59-41(22-38-18-14-12-15-19-38)51(67)57-47-24-40(78-27-49(65)53-26-50(66)77-11)25-48(56-47)58-52(68)42(23-39-20-16-13-17-21-39)60-82(75,76)31-46(35(7)8)62-80(71,72)29-44(33(3)4)55-37(10)64/h12-21,24-25,32-35,41-46,59-62H,22-23,26-31H2,1-11H3,(H,53,65)(H,54,63)(H,55,64)(H2,56,57,58,67,68)/t41-,42-,43+,44+,45+,46+/m0/s1. The summed E-state index contributed by atoms with van der Waals surface area (Å²) in [6.45, 7) is 14.5. The summed E-state index contributed by atoms with van der Waals surface area (Å²) in [5, 5.41) is 12.5. The fraction of sp³-hybridized carbons (Fsp3) is 0.558. The van der Waals surface area contributed by atoms with Gasteiger partial charge < -0.3 is 36.1 Å². The number of anilines is 2. The second kappa shape index (κ2) is 32.1. The minimum absolute atomic E-state index is 0.232. The van der Waals surface area contributed by atoms with Gasteiger partial charge in [-0.2, -0.15) is 0 Å². The van der Waals surface area contributed by atoms with Crippen LogP contribution < -0.4 is 50.2 Å². The molecule has 0 radical (unpaired) electrons. The fourth-order valence-corrected chi connectivity index (χ4v) is 15.0. The van der Waals surface area contributed by atoms with E-state index in [4.69, 9.17) is 4.74 Å². The molecule has 9 N–H and O–H groups in total. The first-order valence-corrected chi connectivity index (χ1v) is 32.9. The molecule has 1 aromatic heterocycles. The number of methoxy groups -OCH3 is 1. The molecule has 6 atom stereocenters. The maximum atomic E-state index is 14.4. The zero-order chi connectivity index (χ0) is 61.8. The number of ether oxygens (including phenoxy) is 2. The lowest BCUT2D eigenvalue weighted by molar-refractivity contribution is -0.141. The van der Waals surface area contributed by atoms with Crippen LogP contribution in [-0.4, -0.2) is 154 Å². The number of carbonyl (C=O) groups excluding carboxylic acids is 6. The van der Waals surface area contributed by atoms with Gasteiger partial charge in [0.15, 0.2) is 6.61 Å². The maximum Gasteiger partial charge on any atom is 0.325 e. The van der Waals surface area contributed by atoms with Crippen LogP contribution in [0, 0.1) is 23.7 Å². The summed E-state index contributed by atoms with van der Waals surface area (Å²) in [4.78, 5) is 81.3. The third kappa shape index (κ3) is 26.4. The van der Waals surface area contributed by atoms with Gasteiger partial charge in [-0.25, -0.2) is 57.5 Å². The molecule has 0 bridgehead atoms. The van der Waals surface area contributed by atoms with Crippen molar-refractivity contribution in [2.75, 3.05) is 53.9 Å². The van der Waals surface area contributed by atoms with Crippen LogP contribution in [-0.2, 0) is 86.4 Å². The minimum Gasteiger partial charge on any atom is -0.484 e. The van der Waals surface area contributed by atoms with Crippen molar-refractivity contribution in [2.24, 2.45) is 23.7 Å². The molecule has 0 saturated heterocycles. The Balaban J connectivity index is 2.06. The quantitative estimate of drug-likeness (QED) is 0.0369. The van der Waals surface area contributed by atoms with Gasteiger partial charge >= 0.3 is 5.97 Å². The first-order valence-electron chi connectivity index (χ1n) is 26.3. The van der Waals surface area contributed by atoms with Crippen LogP contribution in [0.15, 0.2) is 72.8 Å². The van der Waals surface area contributed by atoms with Crippen molar-refractivity contribution in [3.05, 3.63) is 83.9 Å². The Hall–Kier alpha value is -6.15. The highest BCUT2D eigenvalue weighted by atomic mass is 32.2. The van der Waals surface area contributed by atoms with Gasteiger partial charge in [0.05, 0.1) is 30.1 Å². The van der Waals surface area contributed by atoms with E-state index in [2.05, 4.69) is 55.2 Å². The van der Waals surface area contributed by atoms with Crippen LogP contribution in [0.4, 0.5) is 11.6 Å². The van der Waals surface area contributed by atoms with Gasteiger partial charge in [-0.1, -0.05) is 116 Å². The summed E-state index contributed by atoms with van der Waals surface area (Å²) < 4.78 is 130. The third-order valence-electron chi connectivity index (χ3n) is 12.4. The van der Waals surface area contributed by atoms with Crippen molar-refractivity contribution in [3.8, 4) is 5.75 Å². The molecular weight excluding hydrogens is 1150 g/mol. The topological polar surface area (TPSA) is 379 Å². The van der Waals surface area contributed by atoms with Crippen molar-refractivity contribution in [3.63, 3.8) is 0 Å². The van der Waals surface area contributed by atoms with Crippen LogP contribution >= 0.6 is 0 Å². The Morgan fingerprint density at radius 1 is 0.500 bits per heavy atom. The summed E-state index contributed by atoms with van der Waals surface area (Å²) in [5.74, 6) is -10.1. The minimum atomic E-state index is -4.56. The zero-order valence-electron chi connectivity index (χ0n) is 48.0. The second-order valence-corrected chi connectivity index (χ2v) is 28.3. The monoisotopic (exact) mass is 1230 g/mol. The Kier molecular flexibility index (Phi) is 27.4. The number of pyridine rings is 1. The Bertz CT molecular complexity index is 2910. The molecule has 0 fully saturated rings. The van der Waals surface area contributed by atoms with E-state index in [-0.39, 0.29) is 42.1 Å². The summed E-state index contributed by atoms with van der Waals surface area (Å²) in [5.41, 5.74) is 0.983. The summed E-state index contributed by atoms with van der Waals surface area (Å²) in [7, 11) is -16.4. The van der Waals surface area contributed by atoms with Gasteiger partial charge in [0, 0.05) is 50.1 Å². The van der Waals surface area contributed by atoms with Gasteiger partial charge in [-0.15, -0.1) is 0 Å². The van der Waals surface area contributed by atoms with E-state index in [1.54, 1.807) is 116 Å². The van der Waals surface area contributed by atoms with Crippen molar-refractivity contribution < 1.29 is 71.9 Å². The maximum absolute atomic E-state index is 14.4. The van der Waals surface area contributed by atoms with E-state index >= 15 is 0 Å². The zero-order valence-corrected chi connectivity index (χ0v) is 51.2. The van der Waals surface area contributed by atoms with Crippen molar-refractivity contribution >= 4 is 87.2 Å². The molecule has 5 amide bonds. The highest BCUT2D eigenvalue weighted by Gasteiger charge is 2.35. The molecule has 30 heteroatoms. The van der Waals surface area contributed by atoms with E-state index in [1.165, 1.54) is 13.8 Å². The molecule has 0 spiro atoms. The number of sulfonamides is 4. The number of benzene rings is 2. The number of esters is 1. The molecule has 1 heterocycles. The molecule has 3 aromatic rings. The van der Waals surface area contributed by atoms with Crippen molar-refractivity contribution in [1.82, 2.24) is 39.8 Å². The lowest BCUT2D eigenvalue weighted by Crippen LogP contribution is -2.52. The number of hydrogen-bond acceptors (Lipinski definition) is 17. The van der Waals surface area contributed by atoms with E-state index in [1.807, 2.05) is 0 Å². The van der Waals surface area contributed by atoms with Crippen molar-refractivity contribution in [2.45, 2.75) is 118 Å². The van der Waals surface area contributed by atoms with Crippen LogP contribution in [0.25, 0.3) is 0 Å². The molecule has 26 nitrogen and oxygen atoms in total. The molecule has 0 saturated carbocycles. The molecular formula is C52H80N10O16S4. The van der Waals surface area contributed by atoms with Crippen molar-refractivity contribution in [1.29, 1.82) is 0 Å². The number of nitrogens with zero attached hydrogens (tertiary/aromatic N) is 1. The molecule has 2 aromatic carbocycles. The van der Waals surface area contributed by atoms with Gasteiger partial charge in [0.1, 0.15) is 36.0 Å². The summed E-state index contributed by atoms with van der Waals surface area (Å²) in [6, 6.07) is 11.5. The third-order valence-corrected chi connectivity index (χ3v) is 18.2. The van der Waals surface area contributed by atoms with E-state index < -0.39 is 160 Å². The largest absolute Gasteiger partial charge is 0.484 e. The second-order valence-electron chi connectivity index (χ2n) is 21.1. The van der Waals surface area contributed by atoms with Gasteiger partial charge in [0.2, 0.25) is 63.7 Å². The van der Waals surface area contributed by atoms with E-state index in [0.717, 1.165) is 19.2 Å². The Morgan fingerprint density at radius 2 is 0.841 bits per heavy atom. The number of amides is 5. The molecule has 0 aliphatic carbocycles. The smallest absolute Gasteiger partial charge is 0.325 e. The molecule has 82 heavy (non-hydrogen) atoms. The van der Waals surface area contributed by atoms with Gasteiger partial charge in [-0.05, 0) is 47.6 Å². The number of aromatic nitrogens is 1. The average molecular weight is 1230 g/mol. The normalized spacial score (nSPS) is 14.5. The number of nitrogens with one attached hydrogen (secondary N) is 9. The number of hydrogen-bond donors (Lipinski definition) is 9. The number of carbonyl (C=O) groups is 6. The first kappa shape index (κ1) is 70.1. The van der Waals surface area contributed by atoms with Gasteiger partial charge in [0.25, 0.3) is 5.91 Å². The lowest BCUT2D eigenvalue weighted by atomic mass is 10.1. The molecule has 458 valence electrons. The predicted molar refractivity (Wildman–Crippen MR) is 310 cm³/mol. The van der Waals surface area contributed by atoms with E-state index in [0.29, 0.717) is 11.1 Å². The Morgan fingerprint density at radius 3 is 1.17 bits per heavy atom. The SMILES string of the molecule is COC(=O)CNC(=O)COc1cc(NC(=O)[C@H](Cc2ccccc2)NS(=O)(=O)C[C@@H](NS(=O)(=O)C[C@@H](NC(C)=O)C(C)C)C(C)C)nc(NC(=O)[C@H](Cc2ccccc2)NS(=O)(=O)C[C@@H](NS(=O)(=O)C[C@@H](NC(C)=O)C(C)C)C(C)C)c1. The molecule has 0 aliphatic rings. The van der Waals surface area contributed by atoms with Crippen LogP contribution in [0.3, 0.4) is 0 Å². The summed E-state index contributed by atoms with van der Waals surface area (Å²) >= 11 is 0. The molecule has 0 aliphatic heterocycles. The highest BCUT2D eigenvalue weighted by molar-refractivity contribution is 7.91. The molecule has 0 unspecified atom stereocenters. The number of rotatable bonds is 35. The Labute approximate surface area is 482 Å². The summed E-state index contributed by atoms with van der Waals surface area (Å²) in [6.07, 6.45) is -0.514. The average Bonchev–Trinajstić information content (AvgIpc) is 3.38. The first-order chi connectivity index (χ1) is 38.1. The predicted octanol–water partition coefficient (Wildman–Crippen LogP) is 0.897. The fourth-order valence-electron chi connectivity index (χ4n) is 7.74. The lowest BCUT2D eigenvalue weighted by Gasteiger charge is -2.27. The van der Waals surface area contributed by atoms with Crippen LogP contribution in [0.2, 0.25) is 0 Å². The molecule has 3 rings (SSSR count). The van der Waals surface area contributed by atoms with Crippen LogP contribution in [0.1, 0.15) is 80.4 Å². The van der Waals surface area contributed by atoms with Crippen LogP contribution in [0.5, 0.6) is 5.75 Å². The van der Waals surface area contributed by atoms with Gasteiger partial charge in [-0.3, -0.25) is 28.8 Å². The highest BCUT2D eigenvalue weighted by Crippen LogP contribution is 2.23. The van der Waals surface area contributed by atoms with E-state index in [9.17, 15) is 62.4 Å².